The van der Waals surface area contributed by atoms with Crippen LogP contribution in [0.1, 0.15) is 5.56 Å². The predicted molar refractivity (Wildman–Crippen MR) is 122 cm³/mol. The highest BCUT2D eigenvalue weighted by Gasteiger charge is 2.18. The first-order valence-electron chi connectivity index (χ1n) is 9.86. The monoisotopic (exact) mass is 423 g/mol. The van der Waals surface area contributed by atoms with Gasteiger partial charge in [-0.3, -0.25) is 4.90 Å². The predicted octanol–water partition coefficient (Wildman–Crippen LogP) is 4.12. The van der Waals surface area contributed by atoms with Crippen LogP contribution in [0.15, 0.2) is 59.4 Å². The first kappa shape index (κ1) is 20.2. The number of hydrogen-bond acceptors (Lipinski definition) is 6. The maximum absolute atomic E-state index is 12.2. The summed E-state index contributed by atoms with van der Waals surface area (Å²) in [5.74, 6) is 1.68. The molecule has 2 aromatic heterocycles. The maximum Gasteiger partial charge on any atom is 0.323 e. The molecule has 0 unspecified atom stereocenters. The minimum atomic E-state index is -0.309. The van der Waals surface area contributed by atoms with E-state index in [1.54, 1.807) is 48.9 Å². The molecule has 8 heteroatoms. The molecule has 0 atom stereocenters. The number of thiophene rings is 1. The number of anilines is 3. The van der Waals surface area contributed by atoms with Crippen molar-refractivity contribution >= 4 is 34.6 Å². The number of nitrogens with one attached hydrogen (secondary N) is 2. The van der Waals surface area contributed by atoms with Crippen LogP contribution in [0.4, 0.5) is 22.0 Å². The highest BCUT2D eigenvalue weighted by atomic mass is 32.1. The molecule has 1 aromatic carbocycles. The van der Waals surface area contributed by atoms with Crippen LogP contribution in [-0.4, -0.2) is 49.2 Å². The van der Waals surface area contributed by atoms with Crippen LogP contribution in [0.3, 0.4) is 0 Å². The van der Waals surface area contributed by atoms with Gasteiger partial charge in [0.2, 0.25) is 0 Å². The lowest BCUT2D eigenvalue weighted by Gasteiger charge is -2.35. The van der Waals surface area contributed by atoms with Crippen molar-refractivity contribution in [1.29, 1.82) is 0 Å². The van der Waals surface area contributed by atoms with Gasteiger partial charge in [0.1, 0.15) is 11.6 Å². The molecule has 0 bridgehead atoms. The van der Waals surface area contributed by atoms with Crippen LogP contribution in [0.5, 0.6) is 5.75 Å². The Bertz CT molecular complexity index is 937. The van der Waals surface area contributed by atoms with Crippen molar-refractivity contribution in [3.8, 4) is 5.75 Å². The van der Waals surface area contributed by atoms with Crippen molar-refractivity contribution in [3.63, 3.8) is 0 Å². The van der Waals surface area contributed by atoms with Gasteiger partial charge in [0.05, 0.1) is 19.0 Å². The second kappa shape index (κ2) is 9.60. The van der Waals surface area contributed by atoms with Gasteiger partial charge in [-0.1, -0.05) is 0 Å². The van der Waals surface area contributed by atoms with E-state index in [1.807, 2.05) is 12.1 Å². The molecule has 1 saturated heterocycles. The summed E-state index contributed by atoms with van der Waals surface area (Å²) >= 11 is 1.75. The molecule has 30 heavy (non-hydrogen) atoms. The van der Waals surface area contributed by atoms with Gasteiger partial charge in [0, 0.05) is 38.4 Å². The molecule has 1 fully saturated rings. The van der Waals surface area contributed by atoms with Gasteiger partial charge in [-0.05, 0) is 58.8 Å². The average molecular weight is 424 g/mol. The van der Waals surface area contributed by atoms with E-state index in [4.69, 9.17) is 4.74 Å². The van der Waals surface area contributed by atoms with Gasteiger partial charge < -0.3 is 20.3 Å². The van der Waals surface area contributed by atoms with Gasteiger partial charge in [-0.2, -0.15) is 11.3 Å². The lowest BCUT2D eigenvalue weighted by atomic mass is 10.2. The van der Waals surface area contributed by atoms with Gasteiger partial charge in [-0.25, -0.2) is 9.78 Å². The SMILES string of the molecule is COc1ccc(NC(=O)Nc2ccc(N3CCN(Cc4ccsc4)CC3)nc2)cc1. The summed E-state index contributed by atoms with van der Waals surface area (Å²) in [6.07, 6.45) is 1.70. The fraction of sp³-hybridized carbons (Fsp3) is 0.273. The lowest BCUT2D eigenvalue weighted by molar-refractivity contribution is 0.249. The zero-order valence-corrected chi connectivity index (χ0v) is 17.7. The Labute approximate surface area is 180 Å². The minimum Gasteiger partial charge on any atom is -0.497 e. The Morgan fingerprint density at radius 3 is 2.40 bits per heavy atom. The maximum atomic E-state index is 12.2. The third kappa shape index (κ3) is 5.28. The van der Waals surface area contributed by atoms with E-state index < -0.39 is 0 Å². The zero-order chi connectivity index (χ0) is 20.8. The van der Waals surface area contributed by atoms with Gasteiger partial charge >= 0.3 is 6.03 Å². The Morgan fingerprint density at radius 1 is 1.03 bits per heavy atom. The second-order valence-electron chi connectivity index (χ2n) is 7.11. The number of urea groups is 1. The van der Waals surface area contributed by atoms with Crippen molar-refractivity contribution in [2.45, 2.75) is 6.54 Å². The summed E-state index contributed by atoms with van der Waals surface area (Å²) in [6, 6.07) is 12.9. The Balaban J connectivity index is 1.26. The van der Waals surface area contributed by atoms with Crippen LogP contribution in [0, 0.1) is 0 Å². The van der Waals surface area contributed by atoms with E-state index in [0.29, 0.717) is 11.4 Å². The van der Waals surface area contributed by atoms with Crippen molar-refractivity contribution < 1.29 is 9.53 Å². The average Bonchev–Trinajstić information content (AvgIpc) is 3.28. The summed E-state index contributed by atoms with van der Waals surface area (Å²) in [4.78, 5) is 21.5. The number of benzene rings is 1. The topological polar surface area (TPSA) is 69.7 Å². The Hall–Kier alpha value is -3.10. The number of piperazine rings is 1. The van der Waals surface area contributed by atoms with E-state index in [-0.39, 0.29) is 6.03 Å². The summed E-state index contributed by atoms with van der Waals surface area (Å²) in [5.41, 5.74) is 2.73. The van der Waals surface area contributed by atoms with Crippen LogP contribution < -0.4 is 20.3 Å². The van der Waals surface area contributed by atoms with Crippen molar-refractivity contribution in [1.82, 2.24) is 9.88 Å². The highest BCUT2D eigenvalue weighted by molar-refractivity contribution is 7.07. The second-order valence-corrected chi connectivity index (χ2v) is 7.89. The highest BCUT2D eigenvalue weighted by Crippen LogP contribution is 2.19. The number of rotatable bonds is 6. The molecule has 3 aromatic rings. The lowest BCUT2D eigenvalue weighted by Crippen LogP contribution is -2.46. The van der Waals surface area contributed by atoms with Crippen LogP contribution in [0.25, 0.3) is 0 Å². The van der Waals surface area contributed by atoms with Crippen LogP contribution in [-0.2, 0) is 6.54 Å². The van der Waals surface area contributed by atoms with Crippen molar-refractivity contribution in [3.05, 3.63) is 65.0 Å². The van der Waals surface area contributed by atoms with Crippen LogP contribution in [0.2, 0.25) is 0 Å². The molecule has 156 valence electrons. The normalized spacial score (nSPS) is 14.4. The van der Waals surface area contributed by atoms with E-state index in [2.05, 4.69) is 42.2 Å². The number of pyridine rings is 1. The summed E-state index contributed by atoms with van der Waals surface area (Å²) in [5, 5.41) is 9.95. The molecular weight excluding hydrogens is 398 g/mol. The number of nitrogens with zero attached hydrogens (tertiary/aromatic N) is 3. The first-order valence-corrected chi connectivity index (χ1v) is 10.8. The summed E-state index contributed by atoms with van der Waals surface area (Å²) in [6.45, 7) is 4.93. The van der Waals surface area contributed by atoms with Gasteiger partial charge in [-0.15, -0.1) is 0 Å². The molecule has 4 rings (SSSR count). The Kier molecular flexibility index (Phi) is 6.46. The Morgan fingerprint density at radius 2 is 1.77 bits per heavy atom. The molecule has 2 N–H and O–H groups in total. The number of ether oxygens (including phenoxy) is 1. The largest absolute Gasteiger partial charge is 0.497 e. The fourth-order valence-electron chi connectivity index (χ4n) is 3.39. The van der Waals surface area contributed by atoms with E-state index >= 15 is 0 Å². The van der Waals surface area contributed by atoms with Gasteiger partial charge in [0.15, 0.2) is 0 Å². The standard InChI is InChI=1S/C22H25N5O2S/c1-29-20-5-2-18(3-6-20)24-22(28)25-19-4-7-21(23-14-19)27-11-9-26(10-12-27)15-17-8-13-30-16-17/h2-8,13-14,16H,9-12,15H2,1H3,(H2,24,25,28). The number of carbonyl (C=O) groups excluding carboxylic acids is 1. The number of carbonyl (C=O) groups is 1. The molecular formula is C22H25N5O2S. The molecule has 2 amide bonds. The molecule has 0 aliphatic carbocycles. The van der Waals surface area contributed by atoms with E-state index in [1.165, 1.54) is 5.56 Å². The fourth-order valence-corrected chi connectivity index (χ4v) is 4.05. The van der Waals surface area contributed by atoms with Crippen molar-refractivity contribution in [2.24, 2.45) is 0 Å². The smallest absolute Gasteiger partial charge is 0.323 e. The first-order chi connectivity index (χ1) is 14.7. The molecule has 0 spiro atoms. The number of hydrogen-bond donors (Lipinski definition) is 2. The van der Waals surface area contributed by atoms with Crippen molar-refractivity contribution in [2.75, 3.05) is 48.8 Å². The third-order valence-electron chi connectivity index (χ3n) is 5.04. The molecule has 0 saturated carbocycles. The number of aromatic nitrogens is 1. The van der Waals surface area contributed by atoms with Gasteiger partial charge in [0.25, 0.3) is 0 Å². The molecule has 7 nitrogen and oxygen atoms in total. The van der Waals surface area contributed by atoms with Crippen LogP contribution >= 0.6 is 11.3 Å². The molecule has 0 radical (unpaired) electrons. The zero-order valence-electron chi connectivity index (χ0n) is 16.9. The quantitative estimate of drug-likeness (QED) is 0.624. The number of amides is 2. The number of methoxy groups -OCH3 is 1. The molecule has 1 aliphatic rings. The molecule has 3 heterocycles. The third-order valence-corrected chi connectivity index (χ3v) is 5.77. The summed E-state index contributed by atoms with van der Waals surface area (Å²) < 4.78 is 5.12. The van der Waals surface area contributed by atoms with E-state index in [0.717, 1.165) is 44.3 Å². The molecule has 1 aliphatic heterocycles. The summed E-state index contributed by atoms with van der Waals surface area (Å²) in [7, 11) is 1.61. The minimum absolute atomic E-state index is 0.309. The van der Waals surface area contributed by atoms with E-state index in [9.17, 15) is 4.79 Å².